The number of aromatic nitrogens is 2. The van der Waals surface area contributed by atoms with Gasteiger partial charge in [-0.05, 0) is 82.2 Å². The summed E-state index contributed by atoms with van der Waals surface area (Å²) in [6, 6.07) is 7.63. The molecule has 2 aromatic carbocycles. The van der Waals surface area contributed by atoms with E-state index in [9.17, 15) is 18.0 Å². The first-order chi connectivity index (χ1) is 23.4. The lowest BCUT2D eigenvalue weighted by atomic mass is 9.57. The number of carbonyl (C=O) groups is 2. The van der Waals surface area contributed by atoms with Gasteiger partial charge < -0.3 is 34.7 Å². The second-order valence-corrected chi connectivity index (χ2v) is 15.8. The first kappa shape index (κ1) is 33.6. The summed E-state index contributed by atoms with van der Waals surface area (Å²) in [5.74, 6) is -1.36. The third kappa shape index (κ3) is 6.44. The summed E-state index contributed by atoms with van der Waals surface area (Å²) < 4.78 is 64.9. The smallest absolute Gasteiger partial charge is 0.254 e. The quantitative estimate of drug-likeness (QED) is 0.352. The standard InChI is InChI=1S/C34H40FN5O8S/c1-20(2)47-22-5-3-21(4-6-22)17-40-26-15-23(24(35)16-28(26)49(43,44)19-25(36)31(40)42)30(41)38-34-10-7-33(8-11-34,9-12-34)32-37-29(39-48-32)27-18-45-13-14-46-27/h3-6,15-16,20,25,27H,7-14,17-19,36H2,1-2H3,(H,38,41)/t25-,27?,33?,34?/m0/s1. The molecule has 2 bridgehead atoms. The molecule has 0 spiro atoms. The summed E-state index contributed by atoms with van der Waals surface area (Å²) in [6.07, 6.45) is 3.47. The number of nitrogens with one attached hydrogen (secondary N) is 1. The van der Waals surface area contributed by atoms with E-state index >= 15 is 4.39 Å². The van der Waals surface area contributed by atoms with Crippen molar-refractivity contribution in [3.05, 3.63) is 65.1 Å². The number of nitrogens with zero attached hydrogens (tertiary/aromatic N) is 3. The number of hydrogen-bond acceptors (Lipinski definition) is 11. The van der Waals surface area contributed by atoms with Crippen molar-refractivity contribution in [1.29, 1.82) is 0 Å². The first-order valence-electron chi connectivity index (χ1n) is 16.6. The maximum Gasteiger partial charge on any atom is 0.254 e. The van der Waals surface area contributed by atoms with Crippen molar-refractivity contribution in [3.63, 3.8) is 0 Å². The molecule has 2 atom stereocenters. The van der Waals surface area contributed by atoms with Crippen LogP contribution in [0.15, 0.2) is 45.8 Å². The summed E-state index contributed by atoms with van der Waals surface area (Å²) in [6.45, 7) is 5.12. The Morgan fingerprint density at radius 2 is 1.84 bits per heavy atom. The zero-order chi connectivity index (χ0) is 34.6. The number of rotatable bonds is 8. The van der Waals surface area contributed by atoms with Crippen LogP contribution in [0.4, 0.5) is 10.1 Å². The molecule has 1 aromatic heterocycles. The summed E-state index contributed by atoms with van der Waals surface area (Å²) >= 11 is 0. The SMILES string of the molecule is CC(C)Oc1ccc(CN2C(=O)[C@@H](N)CS(=O)(=O)c3cc(F)c(C(=O)NC45CCC(c6nc(C7COCCO7)no6)(CC4)CC5)cc32)cc1. The van der Waals surface area contributed by atoms with Gasteiger partial charge in [-0.1, -0.05) is 17.3 Å². The normalized spacial score (nSPS) is 27.9. The molecule has 3 aliphatic carbocycles. The van der Waals surface area contributed by atoms with Gasteiger partial charge in [-0.2, -0.15) is 4.98 Å². The fourth-order valence-corrected chi connectivity index (χ4v) is 8.97. The lowest BCUT2D eigenvalue weighted by Gasteiger charge is -2.52. The summed E-state index contributed by atoms with van der Waals surface area (Å²) in [4.78, 5) is 32.8. The number of nitrogens with two attached hydrogens (primary N) is 1. The van der Waals surface area contributed by atoms with Crippen LogP contribution in [0.3, 0.4) is 0 Å². The molecule has 262 valence electrons. The molecule has 1 unspecified atom stereocenters. The highest BCUT2D eigenvalue weighted by atomic mass is 32.2. The van der Waals surface area contributed by atoms with E-state index in [1.54, 1.807) is 24.3 Å². The van der Waals surface area contributed by atoms with Crippen LogP contribution in [-0.4, -0.2) is 73.6 Å². The number of carbonyl (C=O) groups excluding carboxylic acids is 2. The molecule has 3 aromatic rings. The van der Waals surface area contributed by atoms with Crippen molar-refractivity contribution < 1.29 is 41.1 Å². The molecule has 2 amide bonds. The zero-order valence-electron chi connectivity index (χ0n) is 27.4. The van der Waals surface area contributed by atoms with Gasteiger partial charge in [0.1, 0.15) is 17.7 Å². The van der Waals surface area contributed by atoms with E-state index in [2.05, 4.69) is 15.5 Å². The minimum Gasteiger partial charge on any atom is -0.491 e. The Labute approximate surface area is 283 Å². The van der Waals surface area contributed by atoms with Gasteiger partial charge in [-0.25, -0.2) is 12.8 Å². The monoisotopic (exact) mass is 697 g/mol. The predicted octanol–water partition coefficient (Wildman–Crippen LogP) is 3.51. The Morgan fingerprint density at radius 1 is 1.12 bits per heavy atom. The van der Waals surface area contributed by atoms with Crippen molar-refractivity contribution in [3.8, 4) is 5.75 Å². The highest BCUT2D eigenvalue weighted by molar-refractivity contribution is 7.91. The fourth-order valence-electron chi connectivity index (χ4n) is 7.41. The lowest BCUT2D eigenvalue weighted by molar-refractivity contribution is -0.119. The lowest BCUT2D eigenvalue weighted by Crippen LogP contribution is -2.58. The van der Waals surface area contributed by atoms with E-state index in [-0.39, 0.29) is 40.3 Å². The van der Waals surface area contributed by atoms with Gasteiger partial charge in [-0.15, -0.1) is 0 Å². The molecule has 3 heterocycles. The molecular weight excluding hydrogens is 657 g/mol. The predicted molar refractivity (Wildman–Crippen MR) is 173 cm³/mol. The number of halogens is 1. The molecule has 2 aliphatic heterocycles. The molecule has 4 fully saturated rings. The number of fused-ring (bicyclic) bond motifs is 4. The molecule has 5 aliphatic rings. The number of anilines is 1. The van der Waals surface area contributed by atoms with Crippen LogP contribution < -0.4 is 20.7 Å². The second-order valence-electron chi connectivity index (χ2n) is 13.8. The van der Waals surface area contributed by atoms with Crippen LogP contribution in [0.1, 0.15) is 86.1 Å². The Kier molecular flexibility index (Phi) is 8.74. The van der Waals surface area contributed by atoms with Gasteiger partial charge in [0, 0.05) is 11.0 Å². The fraction of sp³-hybridized carbons (Fsp3) is 0.529. The molecule has 15 heteroatoms. The molecule has 49 heavy (non-hydrogen) atoms. The van der Waals surface area contributed by atoms with E-state index in [0.29, 0.717) is 81.4 Å². The van der Waals surface area contributed by atoms with Crippen LogP contribution in [0.25, 0.3) is 0 Å². The summed E-state index contributed by atoms with van der Waals surface area (Å²) in [7, 11) is -4.16. The first-order valence-corrected chi connectivity index (χ1v) is 18.3. The van der Waals surface area contributed by atoms with Crippen LogP contribution >= 0.6 is 0 Å². The van der Waals surface area contributed by atoms with Crippen LogP contribution in [0.2, 0.25) is 0 Å². The average molecular weight is 698 g/mol. The molecule has 13 nitrogen and oxygen atoms in total. The largest absolute Gasteiger partial charge is 0.491 e. The van der Waals surface area contributed by atoms with Gasteiger partial charge in [0.05, 0.1) is 60.4 Å². The van der Waals surface area contributed by atoms with Crippen LogP contribution in [-0.2, 0) is 36.1 Å². The summed E-state index contributed by atoms with van der Waals surface area (Å²) in [5, 5.41) is 7.24. The molecule has 0 radical (unpaired) electrons. The van der Waals surface area contributed by atoms with E-state index in [4.69, 9.17) is 24.5 Å². The maximum atomic E-state index is 15.7. The molecular formula is C34H40FN5O8S. The average Bonchev–Trinajstić information content (AvgIpc) is 3.58. The van der Waals surface area contributed by atoms with E-state index in [1.807, 2.05) is 13.8 Å². The van der Waals surface area contributed by atoms with Crippen molar-refractivity contribution in [2.45, 2.75) is 93.0 Å². The Bertz CT molecular complexity index is 1830. The van der Waals surface area contributed by atoms with Crippen molar-refractivity contribution in [2.24, 2.45) is 5.73 Å². The third-order valence-electron chi connectivity index (χ3n) is 10.2. The van der Waals surface area contributed by atoms with Crippen molar-refractivity contribution in [1.82, 2.24) is 15.5 Å². The van der Waals surface area contributed by atoms with Crippen LogP contribution in [0.5, 0.6) is 5.75 Å². The number of benzene rings is 2. The van der Waals surface area contributed by atoms with E-state index in [0.717, 1.165) is 12.1 Å². The van der Waals surface area contributed by atoms with Gasteiger partial charge in [0.25, 0.3) is 5.91 Å². The molecule has 1 saturated heterocycles. The number of ether oxygens (including phenoxy) is 3. The second kappa shape index (κ2) is 12.8. The van der Waals surface area contributed by atoms with Crippen molar-refractivity contribution >= 4 is 27.3 Å². The number of amides is 2. The van der Waals surface area contributed by atoms with Gasteiger partial charge >= 0.3 is 0 Å². The Balaban J connectivity index is 1.12. The highest BCUT2D eigenvalue weighted by Crippen LogP contribution is 2.53. The number of hydrogen-bond donors (Lipinski definition) is 2. The van der Waals surface area contributed by atoms with Gasteiger partial charge in [0.2, 0.25) is 17.6 Å². The summed E-state index contributed by atoms with van der Waals surface area (Å²) in [5.41, 5.74) is 5.37. The topological polar surface area (TPSA) is 176 Å². The van der Waals surface area contributed by atoms with Crippen LogP contribution in [0, 0.1) is 5.82 Å². The molecule has 8 rings (SSSR count). The zero-order valence-corrected chi connectivity index (χ0v) is 28.3. The van der Waals surface area contributed by atoms with Gasteiger partial charge in [-0.3, -0.25) is 9.59 Å². The van der Waals surface area contributed by atoms with Crippen molar-refractivity contribution in [2.75, 3.05) is 30.5 Å². The maximum absolute atomic E-state index is 15.7. The number of sulfone groups is 1. The minimum absolute atomic E-state index is 0.0344. The third-order valence-corrected chi connectivity index (χ3v) is 12.0. The molecule has 3 N–H and O–H groups in total. The highest BCUT2D eigenvalue weighted by Gasteiger charge is 2.53. The Morgan fingerprint density at radius 3 is 2.49 bits per heavy atom. The van der Waals surface area contributed by atoms with Gasteiger partial charge in [0.15, 0.2) is 9.84 Å². The Hall–Kier alpha value is -3.92. The molecule has 3 saturated carbocycles. The minimum atomic E-state index is -4.16. The van der Waals surface area contributed by atoms with E-state index < -0.39 is 44.8 Å². The van der Waals surface area contributed by atoms with E-state index in [1.165, 1.54) is 4.90 Å².